The van der Waals surface area contributed by atoms with Crippen LogP contribution in [0.4, 0.5) is 10.1 Å². The van der Waals surface area contributed by atoms with Gasteiger partial charge in [-0.25, -0.2) is 4.39 Å². The Hall–Kier alpha value is -1.46. The number of benzene rings is 1. The van der Waals surface area contributed by atoms with Crippen molar-refractivity contribution in [1.29, 1.82) is 0 Å². The maximum Gasteiger partial charge on any atom is 0.146 e. The molecule has 5 heteroatoms. The van der Waals surface area contributed by atoms with Crippen molar-refractivity contribution in [1.82, 2.24) is 4.90 Å². The second-order valence-corrected chi connectivity index (χ2v) is 6.00. The lowest BCUT2D eigenvalue weighted by Gasteiger charge is -2.38. The Morgan fingerprint density at radius 2 is 2.00 bits per heavy atom. The molecular weight excluding hydrogens is 271 g/mol. The van der Waals surface area contributed by atoms with E-state index in [0.717, 1.165) is 45.4 Å². The summed E-state index contributed by atoms with van der Waals surface area (Å²) in [6.07, 6.45) is 1.87. The second-order valence-electron chi connectivity index (χ2n) is 6.00. The molecule has 0 radical (unpaired) electrons. The molecule has 114 valence electrons. The summed E-state index contributed by atoms with van der Waals surface area (Å²) >= 11 is 0. The van der Waals surface area contributed by atoms with Crippen molar-refractivity contribution < 1.29 is 13.9 Å². The Morgan fingerprint density at radius 3 is 2.62 bits per heavy atom. The number of anilines is 1. The van der Waals surface area contributed by atoms with Crippen LogP contribution in [0, 0.1) is 11.2 Å². The van der Waals surface area contributed by atoms with Gasteiger partial charge in [-0.3, -0.25) is 4.90 Å². The molecule has 0 amide bonds. The minimum Gasteiger partial charge on any atom is -0.380 e. The molecule has 1 aromatic rings. The number of piperazine rings is 1. The first-order chi connectivity index (χ1) is 10.2. The number of nitrogens with zero attached hydrogens (tertiary/aromatic N) is 2. The minimum absolute atomic E-state index is 0.167. The normalized spacial score (nSPS) is 27.0. The van der Waals surface area contributed by atoms with Gasteiger partial charge in [0.05, 0.1) is 17.7 Å². The van der Waals surface area contributed by atoms with E-state index in [9.17, 15) is 9.18 Å². The fourth-order valence-electron chi connectivity index (χ4n) is 3.18. The van der Waals surface area contributed by atoms with Gasteiger partial charge in [-0.2, -0.15) is 0 Å². The molecule has 0 spiro atoms. The van der Waals surface area contributed by atoms with E-state index in [1.807, 2.05) is 12.1 Å². The lowest BCUT2D eigenvalue weighted by Crippen LogP contribution is -2.50. The fraction of sp³-hybridized carbons (Fsp3) is 0.562. The van der Waals surface area contributed by atoms with Gasteiger partial charge in [0, 0.05) is 39.3 Å². The van der Waals surface area contributed by atoms with E-state index >= 15 is 0 Å². The molecule has 0 aromatic heterocycles. The number of hydrogen-bond acceptors (Lipinski definition) is 4. The Bertz CT molecular complexity index is 495. The predicted molar refractivity (Wildman–Crippen MR) is 79.0 cm³/mol. The van der Waals surface area contributed by atoms with Gasteiger partial charge in [0.25, 0.3) is 0 Å². The first-order valence-corrected chi connectivity index (χ1v) is 7.48. The second kappa shape index (κ2) is 6.12. The molecule has 2 heterocycles. The Kier molecular flexibility index (Phi) is 4.22. The smallest absolute Gasteiger partial charge is 0.146 e. The van der Waals surface area contributed by atoms with Gasteiger partial charge in [-0.05, 0) is 18.6 Å². The summed E-state index contributed by atoms with van der Waals surface area (Å²) < 4.78 is 19.2. The van der Waals surface area contributed by atoms with Crippen molar-refractivity contribution in [3.63, 3.8) is 0 Å². The predicted octanol–water partition coefficient (Wildman–Crippen LogP) is 1.55. The number of para-hydroxylation sites is 1. The van der Waals surface area contributed by atoms with Crippen LogP contribution >= 0.6 is 0 Å². The van der Waals surface area contributed by atoms with E-state index in [2.05, 4.69) is 9.80 Å². The number of halogens is 1. The molecule has 0 N–H and O–H groups in total. The van der Waals surface area contributed by atoms with Crippen LogP contribution in [-0.4, -0.2) is 57.1 Å². The summed E-state index contributed by atoms with van der Waals surface area (Å²) in [4.78, 5) is 15.7. The first-order valence-electron chi connectivity index (χ1n) is 7.48. The Labute approximate surface area is 124 Å². The van der Waals surface area contributed by atoms with Gasteiger partial charge in [-0.15, -0.1) is 0 Å². The van der Waals surface area contributed by atoms with Crippen LogP contribution in [0.5, 0.6) is 0 Å². The van der Waals surface area contributed by atoms with Crippen molar-refractivity contribution in [2.75, 3.05) is 50.8 Å². The van der Waals surface area contributed by atoms with Gasteiger partial charge in [0.2, 0.25) is 0 Å². The van der Waals surface area contributed by atoms with Crippen molar-refractivity contribution in [3.05, 3.63) is 30.1 Å². The highest BCUT2D eigenvalue weighted by Gasteiger charge is 2.37. The molecule has 0 saturated carbocycles. The van der Waals surface area contributed by atoms with Crippen molar-refractivity contribution in [2.24, 2.45) is 5.41 Å². The lowest BCUT2D eigenvalue weighted by molar-refractivity contribution is -0.117. The molecule has 2 aliphatic heterocycles. The van der Waals surface area contributed by atoms with Crippen LogP contribution in [0.25, 0.3) is 0 Å². The highest BCUT2D eigenvalue weighted by Crippen LogP contribution is 2.28. The van der Waals surface area contributed by atoms with Crippen LogP contribution in [0.15, 0.2) is 24.3 Å². The number of ether oxygens (including phenoxy) is 1. The van der Waals surface area contributed by atoms with Crippen LogP contribution in [0.2, 0.25) is 0 Å². The van der Waals surface area contributed by atoms with E-state index in [-0.39, 0.29) is 11.2 Å². The fourth-order valence-corrected chi connectivity index (χ4v) is 3.18. The highest BCUT2D eigenvalue weighted by molar-refractivity contribution is 5.60. The van der Waals surface area contributed by atoms with Gasteiger partial charge in [0.15, 0.2) is 0 Å². The molecule has 0 bridgehead atoms. The summed E-state index contributed by atoms with van der Waals surface area (Å²) in [7, 11) is 0. The van der Waals surface area contributed by atoms with Crippen molar-refractivity contribution in [3.8, 4) is 0 Å². The topological polar surface area (TPSA) is 32.8 Å². The summed E-state index contributed by atoms with van der Waals surface area (Å²) in [6.45, 7) is 5.24. The van der Waals surface area contributed by atoms with E-state index < -0.39 is 0 Å². The van der Waals surface area contributed by atoms with Gasteiger partial charge >= 0.3 is 0 Å². The van der Waals surface area contributed by atoms with Crippen LogP contribution in [-0.2, 0) is 9.53 Å². The molecule has 1 aromatic carbocycles. The summed E-state index contributed by atoms with van der Waals surface area (Å²) in [5, 5.41) is 0. The molecule has 1 unspecified atom stereocenters. The quantitative estimate of drug-likeness (QED) is 0.788. The zero-order chi connectivity index (χ0) is 14.7. The number of hydrogen-bond donors (Lipinski definition) is 0. The number of rotatable bonds is 4. The maximum atomic E-state index is 13.8. The average Bonchev–Trinajstić information content (AvgIpc) is 2.98. The number of aldehydes is 1. The SMILES string of the molecule is O=CC1(CN2CCN(c3ccccc3F)CC2)CCOC1. The molecule has 4 nitrogen and oxygen atoms in total. The standard InChI is InChI=1S/C16H21FN2O2/c17-14-3-1-2-4-15(14)19-8-6-18(7-9-19)11-16(12-20)5-10-21-13-16/h1-4,12H,5-11,13H2. The van der Waals surface area contributed by atoms with Crippen molar-refractivity contribution in [2.45, 2.75) is 6.42 Å². The maximum absolute atomic E-state index is 13.8. The molecule has 2 aliphatic rings. The van der Waals surface area contributed by atoms with E-state index in [1.165, 1.54) is 6.07 Å². The third-order valence-corrected chi connectivity index (χ3v) is 4.49. The van der Waals surface area contributed by atoms with Crippen LogP contribution in [0.3, 0.4) is 0 Å². The Balaban J connectivity index is 1.58. The third kappa shape index (κ3) is 3.09. The first kappa shape index (κ1) is 14.5. The molecule has 0 aliphatic carbocycles. The molecular formula is C16H21FN2O2. The molecule has 1 atom stereocenters. The molecule has 2 fully saturated rings. The Morgan fingerprint density at radius 1 is 1.24 bits per heavy atom. The third-order valence-electron chi connectivity index (χ3n) is 4.49. The molecule has 3 rings (SSSR count). The van der Waals surface area contributed by atoms with Gasteiger partial charge in [-0.1, -0.05) is 12.1 Å². The zero-order valence-corrected chi connectivity index (χ0v) is 12.1. The number of carbonyl (C=O) groups excluding carboxylic acids is 1. The number of carbonyl (C=O) groups is 1. The zero-order valence-electron chi connectivity index (χ0n) is 12.1. The van der Waals surface area contributed by atoms with E-state index in [1.54, 1.807) is 6.07 Å². The molecule has 2 saturated heterocycles. The monoisotopic (exact) mass is 292 g/mol. The van der Waals surface area contributed by atoms with Crippen molar-refractivity contribution >= 4 is 12.0 Å². The minimum atomic E-state index is -0.333. The average molecular weight is 292 g/mol. The van der Waals surface area contributed by atoms with Gasteiger partial charge in [0.1, 0.15) is 12.1 Å². The van der Waals surface area contributed by atoms with Gasteiger partial charge < -0.3 is 14.4 Å². The van der Waals surface area contributed by atoms with E-state index in [4.69, 9.17) is 4.74 Å². The summed E-state index contributed by atoms with van der Waals surface area (Å²) in [5.74, 6) is -0.167. The lowest BCUT2D eigenvalue weighted by atomic mass is 9.88. The summed E-state index contributed by atoms with van der Waals surface area (Å²) in [6, 6.07) is 6.90. The van der Waals surface area contributed by atoms with E-state index in [0.29, 0.717) is 18.9 Å². The highest BCUT2D eigenvalue weighted by atomic mass is 19.1. The molecule has 21 heavy (non-hydrogen) atoms. The van der Waals surface area contributed by atoms with Crippen LogP contribution in [0.1, 0.15) is 6.42 Å². The summed E-state index contributed by atoms with van der Waals surface area (Å²) in [5.41, 5.74) is 0.339. The largest absolute Gasteiger partial charge is 0.380 e. The van der Waals surface area contributed by atoms with Crippen LogP contribution < -0.4 is 4.90 Å².